The highest BCUT2D eigenvalue weighted by Gasteiger charge is 2.12. The SMILES string of the molecule is COc1ccc2cc(-c3csc(NC(=O)/C=C/c4cccs4)n3)oc2c1. The molecule has 0 unspecified atom stereocenters. The van der Waals surface area contributed by atoms with E-state index in [1.807, 2.05) is 47.2 Å². The summed E-state index contributed by atoms with van der Waals surface area (Å²) in [7, 11) is 1.62. The van der Waals surface area contributed by atoms with Crippen molar-refractivity contribution in [2.24, 2.45) is 0 Å². The number of methoxy groups -OCH3 is 1. The number of ether oxygens (including phenoxy) is 1. The Balaban J connectivity index is 1.50. The maximum atomic E-state index is 12.0. The van der Waals surface area contributed by atoms with E-state index in [2.05, 4.69) is 10.3 Å². The van der Waals surface area contributed by atoms with Crippen LogP contribution in [0.2, 0.25) is 0 Å². The van der Waals surface area contributed by atoms with Crippen LogP contribution in [0.3, 0.4) is 0 Å². The smallest absolute Gasteiger partial charge is 0.250 e. The standard InChI is InChI=1S/C19H14N2O3S2/c1-23-13-5-4-12-9-17(24-16(12)10-13)15-11-26-19(20-15)21-18(22)7-6-14-3-2-8-25-14/h2-11H,1H3,(H,20,21,22)/b7-6+. The molecule has 0 aliphatic heterocycles. The zero-order valence-electron chi connectivity index (χ0n) is 13.8. The summed E-state index contributed by atoms with van der Waals surface area (Å²) in [5.41, 5.74) is 1.42. The fraction of sp³-hybridized carbons (Fsp3) is 0.0526. The van der Waals surface area contributed by atoms with Crippen molar-refractivity contribution in [1.82, 2.24) is 4.98 Å². The normalized spacial score (nSPS) is 11.3. The highest BCUT2D eigenvalue weighted by atomic mass is 32.1. The maximum absolute atomic E-state index is 12.0. The van der Waals surface area contributed by atoms with Gasteiger partial charge >= 0.3 is 0 Å². The first-order valence-corrected chi connectivity index (χ1v) is 9.53. The summed E-state index contributed by atoms with van der Waals surface area (Å²) in [4.78, 5) is 17.5. The average Bonchev–Trinajstić information content (AvgIpc) is 3.39. The van der Waals surface area contributed by atoms with Gasteiger partial charge in [-0.3, -0.25) is 10.1 Å². The van der Waals surface area contributed by atoms with Crippen LogP contribution in [0.4, 0.5) is 5.13 Å². The van der Waals surface area contributed by atoms with Crippen molar-refractivity contribution in [3.05, 3.63) is 58.1 Å². The van der Waals surface area contributed by atoms with Gasteiger partial charge in [0.25, 0.3) is 0 Å². The van der Waals surface area contributed by atoms with Gasteiger partial charge in [-0.1, -0.05) is 6.07 Å². The highest BCUT2D eigenvalue weighted by molar-refractivity contribution is 7.14. The van der Waals surface area contributed by atoms with Gasteiger partial charge in [0.1, 0.15) is 17.0 Å². The minimum absolute atomic E-state index is 0.214. The third-order valence-electron chi connectivity index (χ3n) is 3.66. The molecule has 0 atom stereocenters. The number of furan rings is 1. The summed E-state index contributed by atoms with van der Waals surface area (Å²) in [5.74, 6) is 1.18. The van der Waals surface area contributed by atoms with E-state index in [1.165, 1.54) is 17.4 Å². The number of anilines is 1. The molecule has 4 aromatic rings. The molecular formula is C19H14N2O3S2. The molecule has 3 heterocycles. The molecular weight excluding hydrogens is 368 g/mol. The van der Waals surface area contributed by atoms with E-state index in [4.69, 9.17) is 9.15 Å². The van der Waals surface area contributed by atoms with Crippen LogP contribution in [-0.4, -0.2) is 18.0 Å². The average molecular weight is 382 g/mol. The predicted octanol–water partition coefficient (Wildman–Crippen LogP) is 5.28. The molecule has 0 radical (unpaired) electrons. The van der Waals surface area contributed by atoms with Crippen molar-refractivity contribution in [3.8, 4) is 17.2 Å². The predicted molar refractivity (Wildman–Crippen MR) is 106 cm³/mol. The second-order valence-corrected chi connectivity index (χ2v) is 7.23. The number of carbonyl (C=O) groups is 1. The quantitative estimate of drug-likeness (QED) is 0.477. The van der Waals surface area contributed by atoms with Gasteiger partial charge in [-0.15, -0.1) is 22.7 Å². The number of nitrogens with zero attached hydrogens (tertiary/aromatic N) is 1. The molecule has 0 saturated heterocycles. The fourth-order valence-corrected chi connectivity index (χ4v) is 3.72. The third kappa shape index (κ3) is 3.54. The number of benzene rings is 1. The Kier molecular flexibility index (Phi) is 4.55. The van der Waals surface area contributed by atoms with Crippen molar-refractivity contribution in [1.29, 1.82) is 0 Å². The van der Waals surface area contributed by atoms with Crippen molar-refractivity contribution in [2.75, 3.05) is 12.4 Å². The zero-order chi connectivity index (χ0) is 17.9. The number of rotatable bonds is 5. The molecule has 4 rings (SSSR count). The second kappa shape index (κ2) is 7.15. The molecule has 0 spiro atoms. The van der Waals surface area contributed by atoms with Crippen LogP contribution >= 0.6 is 22.7 Å². The number of aromatic nitrogens is 1. The molecule has 1 amide bonds. The first kappa shape index (κ1) is 16.6. The summed E-state index contributed by atoms with van der Waals surface area (Å²) in [6.07, 6.45) is 3.28. The van der Waals surface area contributed by atoms with Gasteiger partial charge < -0.3 is 9.15 Å². The number of nitrogens with one attached hydrogen (secondary N) is 1. The Hall–Kier alpha value is -2.90. The number of fused-ring (bicyclic) bond motifs is 1. The van der Waals surface area contributed by atoms with Gasteiger partial charge in [0.2, 0.25) is 5.91 Å². The van der Waals surface area contributed by atoms with E-state index < -0.39 is 0 Å². The molecule has 1 N–H and O–H groups in total. The number of thiazole rings is 1. The Bertz CT molecular complexity index is 1080. The summed E-state index contributed by atoms with van der Waals surface area (Å²) in [6, 6.07) is 11.5. The number of thiophene rings is 1. The lowest BCUT2D eigenvalue weighted by molar-refractivity contribution is -0.111. The Labute approximate surface area is 157 Å². The van der Waals surface area contributed by atoms with Crippen molar-refractivity contribution >= 4 is 50.8 Å². The lowest BCUT2D eigenvalue weighted by Gasteiger charge is -1.96. The van der Waals surface area contributed by atoms with Gasteiger partial charge in [-0.2, -0.15) is 0 Å². The van der Waals surface area contributed by atoms with Crippen molar-refractivity contribution < 1.29 is 13.9 Å². The Morgan fingerprint density at radius 3 is 3.00 bits per heavy atom. The largest absolute Gasteiger partial charge is 0.497 e. The molecule has 0 aliphatic carbocycles. The third-order valence-corrected chi connectivity index (χ3v) is 5.25. The molecule has 3 aromatic heterocycles. The van der Waals surface area contributed by atoms with Crippen LogP contribution < -0.4 is 10.1 Å². The topological polar surface area (TPSA) is 64.4 Å². The number of hydrogen-bond acceptors (Lipinski definition) is 6. The molecule has 7 heteroatoms. The monoisotopic (exact) mass is 382 g/mol. The van der Waals surface area contributed by atoms with Crippen LogP contribution in [-0.2, 0) is 4.79 Å². The van der Waals surface area contributed by atoms with E-state index in [0.717, 1.165) is 21.6 Å². The molecule has 0 bridgehead atoms. The second-order valence-electron chi connectivity index (χ2n) is 5.39. The first-order valence-electron chi connectivity index (χ1n) is 7.77. The minimum atomic E-state index is -0.214. The van der Waals surface area contributed by atoms with Gasteiger partial charge in [0.15, 0.2) is 10.9 Å². The first-order chi connectivity index (χ1) is 12.7. The van der Waals surface area contributed by atoms with Crippen LogP contribution in [0.5, 0.6) is 5.75 Å². The number of hydrogen-bond donors (Lipinski definition) is 1. The number of carbonyl (C=O) groups excluding carboxylic acids is 1. The van der Waals surface area contributed by atoms with E-state index in [9.17, 15) is 4.79 Å². The van der Waals surface area contributed by atoms with E-state index in [1.54, 1.807) is 24.5 Å². The summed E-state index contributed by atoms with van der Waals surface area (Å²) >= 11 is 2.93. The lowest BCUT2D eigenvalue weighted by Crippen LogP contribution is -2.07. The summed E-state index contributed by atoms with van der Waals surface area (Å²) in [6.45, 7) is 0. The Morgan fingerprint density at radius 1 is 1.27 bits per heavy atom. The molecule has 0 fully saturated rings. The van der Waals surface area contributed by atoms with Crippen molar-refractivity contribution in [3.63, 3.8) is 0 Å². The van der Waals surface area contributed by atoms with Crippen LogP contribution in [0.15, 0.2) is 57.7 Å². The van der Waals surface area contributed by atoms with Crippen LogP contribution in [0.1, 0.15) is 4.88 Å². The molecule has 1 aromatic carbocycles. The van der Waals surface area contributed by atoms with E-state index >= 15 is 0 Å². The highest BCUT2D eigenvalue weighted by Crippen LogP contribution is 2.31. The Morgan fingerprint density at radius 2 is 2.19 bits per heavy atom. The van der Waals surface area contributed by atoms with Gasteiger partial charge in [-0.25, -0.2) is 4.98 Å². The summed E-state index contributed by atoms with van der Waals surface area (Å²) in [5, 5.41) is 8.09. The minimum Gasteiger partial charge on any atom is -0.497 e. The summed E-state index contributed by atoms with van der Waals surface area (Å²) < 4.78 is 11.1. The van der Waals surface area contributed by atoms with E-state index in [-0.39, 0.29) is 5.91 Å². The molecule has 5 nitrogen and oxygen atoms in total. The van der Waals surface area contributed by atoms with Crippen LogP contribution in [0.25, 0.3) is 28.5 Å². The van der Waals surface area contributed by atoms with E-state index in [0.29, 0.717) is 16.6 Å². The fourth-order valence-electron chi connectivity index (χ4n) is 2.40. The molecule has 0 saturated carbocycles. The van der Waals surface area contributed by atoms with Crippen LogP contribution in [0, 0.1) is 0 Å². The molecule has 0 aliphatic rings. The van der Waals surface area contributed by atoms with Gasteiger partial charge in [0, 0.05) is 27.8 Å². The molecule has 26 heavy (non-hydrogen) atoms. The lowest BCUT2D eigenvalue weighted by atomic mass is 10.2. The van der Waals surface area contributed by atoms with Gasteiger partial charge in [-0.05, 0) is 35.7 Å². The molecule has 130 valence electrons. The maximum Gasteiger partial charge on any atom is 0.250 e. The number of amides is 1. The van der Waals surface area contributed by atoms with Gasteiger partial charge in [0.05, 0.1) is 7.11 Å². The van der Waals surface area contributed by atoms with Crippen molar-refractivity contribution in [2.45, 2.75) is 0 Å². The zero-order valence-corrected chi connectivity index (χ0v) is 15.4.